The molecule has 3 saturated carbocycles. The number of carbonyl (C=O) groups excluding carboxylic acids is 2. The highest BCUT2D eigenvalue weighted by molar-refractivity contribution is 5.97. The molecule has 0 spiro atoms. The molecule has 0 aromatic carbocycles. The molecule has 4 aliphatic carbocycles. The summed E-state index contributed by atoms with van der Waals surface area (Å²) >= 11 is 0. The minimum Gasteiger partial charge on any atom is -0.458 e. The third-order valence-corrected chi connectivity index (χ3v) is 11.7. The number of epoxide rings is 1. The van der Waals surface area contributed by atoms with Gasteiger partial charge in [0.15, 0.2) is 5.78 Å². The molecule has 4 fully saturated rings. The third kappa shape index (κ3) is 2.48. The first-order valence-corrected chi connectivity index (χ1v) is 13.1. The van der Waals surface area contributed by atoms with Crippen molar-refractivity contribution in [1.82, 2.24) is 0 Å². The summed E-state index contributed by atoms with van der Waals surface area (Å²) in [6, 6.07) is 0. The largest absolute Gasteiger partial charge is 0.458 e. The molecular formula is C28H38O6. The zero-order valence-electron chi connectivity index (χ0n) is 21.0. The van der Waals surface area contributed by atoms with Crippen LogP contribution in [0.5, 0.6) is 0 Å². The van der Waals surface area contributed by atoms with Crippen molar-refractivity contribution in [3.63, 3.8) is 0 Å². The smallest absolute Gasteiger partial charge is 0.333 e. The number of ketones is 1. The molecule has 0 aromatic heterocycles. The minimum absolute atomic E-state index is 0.0149. The van der Waals surface area contributed by atoms with Crippen molar-refractivity contribution in [2.24, 2.45) is 34.5 Å². The Hall–Kier alpha value is -1.50. The first-order chi connectivity index (χ1) is 15.9. The lowest BCUT2D eigenvalue weighted by Crippen LogP contribution is -2.74. The molecule has 6 heteroatoms. The molecule has 1 saturated heterocycles. The lowest BCUT2D eigenvalue weighted by Gasteiger charge is -2.63. The van der Waals surface area contributed by atoms with Crippen molar-refractivity contribution < 1.29 is 29.3 Å². The SMILES string of the molecule is CC1=C(C)C(=O)OC(C(C)C2CCC3C2(C)CCC2C3(O)C3OC3C3(O)CC=CC(=O)C23C)C1. The maximum absolute atomic E-state index is 13.3. The summed E-state index contributed by atoms with van der Waals surface area (Å²) in [5.74, 6) is -0.164. The molecule has 186 valence electrons. The van der Waals surface area contributed by atoms with Gasteiger partial charge in [-0.1, -0.05) is 25.5 Å². The van der Waals surface area contributed by atoms with E-state index in [2.05, 4.69) is 13.8 Å². The van der Waals surface area contributed by atoms with Gasteiger partial charge in [-0.15, -0.1) is 0 Å². The molecule has 0 bridgehead atoms. The molecule has 6 aliphatic rings. The Morgan fingerprint density at radius 3 is 2.50 bits per heavy atom. The molecule has 2 aliphatic heterocycles. The topological polar surface area (TPSA) is 96.4 Å². The van der Waals surface area contributed by atoms with E-state index in [-0.39, 0.29) is 41.0 Å². The van der Waals surface area contributed by atoms with E-state index in [1.54, 1.807) is 12.2 Å². The van der Waals surface area contributed by atoms with Crippen LogP contribution in [0.15, 0.2) is 23.3 Å². The van der Waals surface area contributed by atoms with Crippen LogP contribution in [0.1, 0.15) is 73.1 Å². The highest BCUT2D eigenvalue weighted by atomic mass is 16.6. The van der Waals surface area contributed by atoms with E-state index < -0.39 is 28.8 Å². The van der Waals surface area contributed by atoms with Gasteiger partial charge in [-0.3, -0.25) is 4.79 Å². The highest BCUT2D eigenvalue weighted by Gasteiger charge is 2.83. The first-order valence-electron chi connectivity index (χ1n) is 13.1. The number of rotatable bonds is 2. The fourth-order valence-electron chi connectivity index (χ4n) is 9.43. The Kier molecular flexibility index (Phi) is 4.61. The predicted molar refractivity (Wildman–Crippen MR) is 125 cm³/mol. The van der Waals surface area contributed by atoms with Gasteiger partial charge in [-0.2, -0.15) is 0 Å². The Bertz CT molecular complexity index is 1030. The van der Waals surface area contributed by atoms with E-state index in [0.717, 1.165) is 36.8 Å². The molecule has 11 atom stereocenters. The number of aliphatic hydroxyl groups is 2. The van der Waals surface area contributed by atoms with Gasteiger partial charge in [0.2, 0.25) is 0 Å². The third-order valence-electron chi connectivity index (χ3n) is 11.7. The number of carbonyl (C=O) groups is 2. The number of hydrogen-bond acceptors (Lipinski definition) is 6. The molecule has 6 nitrogen and oxygen atoms in total. The fourth-order valence-corrected chi connectivity index (χ4v) is 9.43. The zero-order valence-corrected chi connectivity index (χ0v) is 21.0. The number of cyclic esters (lactones) is 1. The average Bonchev–Trinajstić information content (AvgIpc) is 3.52. The highest BCUT2D eigenvalue weighted by Crippen LogP contribution is 2.73. The average molecular weight is 471 g/mol. The molecule has 0 amide bonds. The van der Waals surface area contributed by atoms with Gasteiger partial charge in [0.05, 0.1) is 5.41 Å². The standard InChI is InChI=1S/C28H38O6/c1-14-13-18(33-24(30)15(14)2)16(3)17-8-9-19-25(17,4)12-10-20-26(5)21(29)7-6-11-27(26,31)22-23(34-22)28(19,20)32/h6-7,16-20,22-23,31-32H,8-13H2,1-5H3. The van der Waals surface area contributed by atoms with Crippen LogP contribution < -0.4 is 0 Å². The summed E-state index contributed by atoms with van der Waals surface area (Å²) in [6.45, 7) is 10.2. The number of hydrogen-bond donors (Lipinski definition) is 2. The van der Waals surface area contributed by atoms with E-state index in [9.17, 15) is 19.8 Å². The second-order valence-corrected chi connectivity index (χ2v) is 12.7. The Morgan fingerprint density at radius 2 is 1.79 bits per heavy atom. The zero-order chi connectivity index (χ0) is 24.4. The van der Waals surface area contributed by atoms with Crippen LogP contribution in [0, 0.1) is 34.5 Å². The van der Waals surface area contributed by atoms with Gasteiger partial charge >= 0.3 is 5.97 Å². The summed E-state index contributed by atoms with van der Waals surface area (Å²) in [5, 5.41) is 24.2. The molecular weight excluding hydrogens is 432 g/mol. The van der Waals surface area contributed by atoms with Crippen LogP contribution >= 0.6 is 0 Å². The monoisotopic (exact) mass is 470 g/mol. The van der Waals surface area contributed by atoms with Crippen LogP contribution in [0.25, 0.3) is 0 Å². The fraction of sp³-hybridized carbons (Fsp3) is 0.786. The molecule has 0 radical (unpaired) electrons. The second-order valence-electron chi connectivity index (χ2n) is 12.7. The van der Waals surface area contributed by atoms with Crippen LogP contribution in [-0.4, -0.2) is 51.5 Å². The lowest BCUT2D eigenvalue weighted by molar-refractivity contribution is -0.238. The van der Waals surface area contributed by atoms with Gasteiger partial charge in [-0.05, 0) is 82.1 Å². The number of esters is 1. The van der Waals surface area contributed by atoms with Crippen molar-refractivity contribution in [3.8, 4) is 0 Å². The summed E-state index contributed by atoms with van der Waals surface area (Å²) in [7, 11) is 0. The summed E-state index contributed by atoms with van der Waals surface area (Å²) in [4.78, 5) is 25.7. The summed E-state index contributed by atoms with van der Waals surface area (Å²) in [6.07, 6.45) is 6.83. The minimum atomic E-state index is -1.25. The van der Waals surface area contributed by atoms with E-state index in [0.29, 0.717) is 18.8 Å². The van der Waals surface area contributed by atoms with Crippen molar-refractivity contribution in [3.05, 3.63) is 23.3 Å². The number of allylic oxidation sites excluding steroid dienone is 1. The Labute approximate surface area is 201 Å². The van der Waals surface area contributed by atoms with Crippen molar-refractivity contribution in [1.29, 1.82) is 0 Å². The molecule has 11 unspecified atom stereocenters. The molecule has 2 heterocycles. The van der Waals surface area contributed by atoms with Crippen LogP contribution in [0.2, 0.25) is 0 Å². The van der Waals surface area contributed by atoms with E-state index in [4.69, 9.17) is 9.47 Å². The quantitative estimate of drug-likeness (QED) is 0.474. The normalized spacial score (nSPS) is 54.6. The molecule has 34 heavy (non-hydrogen) atoms. The van der Waals surface area contributed by atoms with Gasteiger partial charge in [0.25, 0.3) is 0 Å². The Morgan fingerprint density at radius 1 is 1.06 bits per heavy atom. The van der Waals surface area contributed by atoms with E-state index >= 15 is 0 Å². The van der Waals surface area contributed by atoms with Crippen LogP contribution in [0.3, 0.4) is 0 Å². The van der Waals surface area contributed by atoms with Crippen molar-refractivity contribution in [2.75, 3.05) is 0 Å². The molecule has 6 rings (SSSR count). The Balaban J connectivity index is 1.34. The van der Waals surface area contributed by atoms with Gasteiger partial charge in [0.1, 0.15) is 29.5 Å². The van der Waals surface area contributed by atoms with Crippen LogP contribution in [0.4, 0.5) is 0 Å². The van der Waals surface area contributed by atoms with Crippen LogP contribution in [-0.2, 0) is 19.1 Å². The van der Waals surface area contributed by atoms with Crippen molar-refractivity contribution >= 4 is 11.8 Å². The van der Waals surface area contributed by atoms with Gasteiger partial charge < -0.3 is 19.7 Å². The molecule has 0 aromatic rings. The van der Waals surface area contributed by atoms with Crippen molar-refractivity contribution in [2.45, 2.75) is 103 Å². The number of fused-ring (bicyclic) bond motifs is 8. The molecule has 2 N–H and O–H groups in total. The maximum atomic E-state index is 13.3. The maximum Gasteiger partial charge on any atom is 0.333 e. The van der Waals surface area contributed by atoms with E-state index in [1.807, 2.05) is 20.8 Å². The summed E-state index contributed by atoms with van der Waals surface area (Å²) < 4.78 is 12.0. The van der Waals surface area contributed by atoms with E-state index in [1.165, 1.54) is 0 Å². The summed E-state index contributed by atoms with van der Waals surface area (Å²) in [5.41, 5.74) is -1.75. The second kappa shape index (κ2) is 6.83. The first kappa shape index (κ1) is 22.9. The predicted octanol–water partition coefficient (Wildman–Crippen LogP) is 3.50. The lowest BCUT2D eigenvalue weighted by atomic mass is 9.41. The van der Waals surface area contributed by atoms with Gasteiger partial charge in [-0.25, -0.2) is 4.79 Å². The van der Waals surface area contributed by atoms with Gasteiger partial charge in [0, 0.05) is 17.9 Å². The number of ether oxygens (including phenoxy) is 2.